The van der Waals surface area contributed by atoms with Crippen LogP contribution in [0.2, 0.25) is 0 Å². The lowest BCUT2D eigenvalue weighted by Gasteiger charge is -2.40. The van der Waals surface area contributed by atoms with Crippen LogP contribution in [0, 0.1) is 0 Å². The lowest BCUT2D eigenvalue weighted by Crippen LogP contribution is -2.55. The summed E-state index contributed by atoms with van der Waals surface area (Å²) in [5, 5.41) is 3.65. The quantitative estimate of drug-likeness (QED) is 0.571. The first-order valence-electron chi connectivity index (χ1n) is 8.77. The van der Waals surface area contributed by atoms with Crippen LogP contribution in [0.1, 0.15) is 32.7 Å². The van der Waals surface area contributed by atoms with Gasteiger partial charge in [-0.3, -0.25) is 14.5 Å². The first-order chi connectivity index (χ1) is 12.0. The molecule has 1 N–H and O–H groups in total. The molecule has 8 heteroatoms. The molecule has 2 fully saturated rings. The van der Waals surface area contributed by atoms with Gasteiger partial charge in [0.2, 0.25) is 5.91 Å². The van der Waals surface area contributed by atoms with Crippen LogP contribution >= 0.6 is 11.8 Å². The number of aromatic nitrogens is 2. The van der Waals surface area contributed by atoms with E-state index in [0.717, 1.165) is 39.1 Å². The second-order valence-electron chi connectivity index (χ2n) is 7.16. The number of nitrogens with one attached hydrogen (secondary N) is 1. The Balaban J connectivity index is 1.50. The standard InChI is InChI=1S/C17H26N4O3S/c1-17(2,20-7-9-24-10-8-20)12-18-15(23)11-25-16-19-14(22)5-6-21(16)13-3-4-13/h5-6,13H,3-4,7-12H2,1-2H3,(H,18,23). The van der Waals surface area contributed by atoms with Crippen LogP contribution in [-0.2, 0) is 9.53 Å². The Morgan fingerprint density at radius 3 is 2.80 bits per heavy atom. The molecule has 7 nitrogen and oxygen atoms in total. The molecule has 1 aliphatic heterocycles. The van der Waals surface area contributed by atoms with E-state index < -0.39 is 0 Å². The maximum Gasteiger partial charge on any atom is 0.273 e. The molecule has 2 heterocycles. The van der Waals surface area contributed by atoms with Gasteiger partial charge >= 0.3 is 0 Å². The maximum atomic E-state index is 12.2. The lowest BCUT2D eigenvalue weighted by atomic mass is 10.0. The number of carbonyl (C=O) groups is 1. The fraction of sp³-hybridized carbons (Fsp3) is 0.706. The molecule has 0 unspecified atom stereocenters. The first kappa shape index (κ1) is 18.4. The summed E-state index contributed by atoms with van der Waals surface area (Å²) < 4.78 is 7.40. The van der Waals surface area contributed by atoms with Crippen molar-refractivity contribution < 1.29 is 9.53 Å². The number of thioether (sulfide) groups is 1. The molecule has 138 valence electrons. The van der Waals surface area contributed by atoms with Crippen molar-refractivity contribution in [1.29, 1.82) is 0 Å². The Morgan fingerprint density at radius 1 is 1.40 bits per heavy atom. The zero-order valence-electron chi connectivity index (χ0n) is 14.9. The van der Waals surface area contributed by atoms with Gasteiger partial charge in [-0.2, -0.15) is 4.98 Å². The molecular weight excluding hydrogens is 340 g/mol. The molecule has 0 bridgehead atoms. The summed E-state index contributed by atoms with van der Waals surface area (Å²) in [6.45, 7) is 8.12. The Bertz CT molecular complexity index is 666. The number of amides is 1. The van der Waals surface area contributed by atoms with E-state index in [2.05, 4.69) is 29.0 Å². The molecule has 1 saturated heterocycles. The number of rotatable bonds is 7. The molecule has 25 heavy (non-hydrogen) atoms. The molecule has 1 aromatic heterocycles. The maximum absolute atomic E-state index is 12.2. The zero-order chi connectivity index (χ0) is 17.9. The predicted molar refractivity (Wildman–Crippen MR) is 97.0 cm³/mol. The van der Waals surface area contributed by atoms with Crippen LogP contribution in [0.4, 0.5) is 0 Å². The largest absolute Gasteiger partial charge is 0.379 e. The van der Waals surface area contributed by atoms with Gasteiger partial charge in [0.1, 0.15) is 0 Å². The molecule has 1 aromatic rings. The van der Waals surface area contributed by atoms with E-state index in [1.54, 1.807) is 6.20 Å². The van der Waals surface area contributed by atoms with E-state index in [9.17, 15) is 9.59 Å². The van der Waals surface area contributed by atoms with Gasteiger partial charge in [0.05, 0.1) is 19.0 Å². The number of ether oxygens (including phenoxy) is 1. The summed E-state index contributed by atoms with van der Waals surface area (Å²) in [6.07, 6.45) is 4.00. The van der Waals surface area contributed by atoms with Crippen LogP contribution in [0.3, 0.4) is 0 Å². The smallest absolute Gasteiger partial charge is 0.273 e. The molecule has 1 amide bonds. The molecular formula is C17H26N4O3S. The molecule has 0 aromatic carbocycles. The Hall–Kier alpha value is -1.38. The fourth-order valence-corrected chi connectivity index (χ4v) is 3.79. The highest BCUT2D eigenvalue weighted by molar-refractivity contribution is 7.99. The monoisotopic (exact) mass is 366 g/mol. The summed E-state index contributed by atoms with van der Waals surface area (Å²) in [7, 11) is 0. The third kappa shape index (κ3) is 5.05. The van der Waals surface area contributed by atoms with Crippen LogP contribution in [-0.4, -0.2) is 64.5 Å². The van der Waals surface area contributed by atoms with Crippen molar-refractivity contribution in [2.75, 3.05) is 38.6 Å². The van der Waals surface area contributed by atoms with Crippen molar-refractivity contribution in [2.45, 2.75) is 43.4 Å². The fourth-order valence-electron chi connectivity index (χ4n) is 2.91. The van der Waals surface area contributed by atoms with Crippen LogP contribution < -0.4 is 10.9 Å². The predicted octanol–water partition coefficient (Wildman–Crippen LogP) is 0.897. The second-order valence-corrected chi connectivity index (χ2v) is 8.11. The minimum atomic E-state index is -0.256. The number of hydrogen-bond donors (Lipinski definition) is 1. The zero-order valence-corrected chi connectivity index (χ0v) is 15.7. The average Bonchev–Trinajstić information content (AvgIpc) is 3.44. The Morgan fingerprint density at radius 2 is 2.12 bits per heavy atom. The van der Waals surface area contributed by atoms with Crippen molar-refractivity contribution in [2.24, 2.45) is 0 Å². The summed E-state index contributed by atoms with van der Waals surface area (Å²) in [5.74, 6) is 0.231. The van der Waals surface area contributed by atoms with Crippen LogP contribution in [0.5, 0.6) is 0 Å². The minimum absolute atomic E-state index is 0.0354. The SMILES string of the molecule is CC(C)(CNC(=O)CSc1nc(=O)ccn1C1CC1)N1CCOCC1. The third-order valence-electron chi connectivity index (χ3n) is 4.66. The summed E-state index contributed by atoms with van der Waals surface area (Å²) in [6, 6.07) is 1.91. The van der Waals surface area contributed by atoms with E-state index in [0.29, 0.717) is 17.7 Å². The van der Waals surface area contributed by atoms with Crippen molar-refractivity contribution in [3.63, 3.8) is 0 Å². The van der Waals surface area contributed by atoms with E-state index in [-0.39, 0.29) is 22.8 Å². The summed E-state index contributed by atoms with van der Waals surface area (Å²) >= 11 is 1.33. The van der Waals surface area contributed by atoms with Gasteiger partial charge < -0.3 is 14.6 Å². The summed E-state index contributed by atoms with van der Waals surface area (Å²) in [4.78, 5) is 30.1. The molecule has 1 saturated carbocycles. The molecule has 3 rings (SSSR count). The average molecular weight is 366 g/mol. The molecule has 0 radical (unpaired) electrons. The van der Waals surface area contributed by atoms with Gasteiger partial charge in [-0.25, -0.2) is 0 Å². The number of carbonyl (C=O) groups excluding carboxylic acids is 1. The molecule has 1 aliphatic carbocycles. The summed E-state index contributed by atoms with van der Waals surface area (Å²) in [5.41, 5.74) is -0.362. The first-order valence-corrected chi connectivity index (χ1v) is 9.76. The van der Waals surface area contributed by atoms with Gasteiger partial charge in [-0.15, -0.1) is 0 Å². The third-order valence-corrected chi connectivity index (χ3v) is 5.63. The number of nitrogens with zero attached hydrogens (tertiary/aromatic N) is 3. The number of hydrogen-bond acceptors (Lipinski definition) is 6. The van der Waals surface area contributed by atoms with Gasteiger partial charge in [-0.05, 0) is 26.7 Å². The van der Waals surface area contributed by atoms with E-state index in [1.165, 1.54) is 17.8 Å². The van der Waals surface area contributed by atoms with E-state index in [1.807, 2.05) is 4.57 Å². The second kappa shape index (κ2) is 7.88. The Kier molecular flexibility index (Phi) is 5.81. The van der Waals surface area contributed by atoms with Gasteiger partial charge in [0, 0.05) is 43.5 Å². The van der Waals surface area contributed by atoms with Gasteiger partial charge in [0.25, 0.3) is 5.56 Å². The van der Waals surface area contributed by atoms with Crippen molar-refractivity contribution in [3.8, 4) is 0 Å². The number of morpholine rings is 1. The highest BCUT2D eigenvalue weighted by Gasteiger charge is 2.29. The minimum Gasteiger partial charge on any atom is -0.379 e. The van der Waals surface area contributed by atoms with Gasteiger partial charge in [0.15, 0.2) is 5.16 Å². The molecule has 2 aliphatic rings. The highest BCUT2D eigenvalue weighted by Crippen LogP contribution is 2.36. The Labute approximate surface area is 152 Å². The molecule has 0 atom stereocenters. The molecule has 0 spiro atoms. The van der Waals surface area contributed by atoms with E-state index in [4.69, 9.17) is 4.74 Å². The topological polar surface area (TPSA) is 76.5 Å². The van der Waals surface area contributed by atoms with Crippen molar-refractivity contribution >= 4 is 17.7 Å². The van der Waals surface area contributed by atoms with Crippen LogP contribution in [0.25, 0.3) is 0 Å². The lowest BCUT2D eigenvalue weighted by molar-refractivity contribution is -0.119. The van der Waals surface area contributed by atoms with Gasteiger partial charge in [-0.1, -0.05) is 11.8 Å². The van der Waals surface area contributed by atoms with E-state index >= 15 is 0 Å². The van der Waals surface area contributed by atoms with Crippen molar-refractivity contribution in [3.05, 3.63) is 22.6 Å². The highest BCUT2D eigenvalue weighted by atomic mass is 32.2. The van der Waals surface area contributed by atoms with Crippen molar-refractivity contribution in [1.82, 2.24) is 19.8 Å². The van der Waals surface area contributed by atoms with Crippen LogP contribution in [0.15, 0.2) is 22.2 Å². The normalized spacial score (nSPS) is 19.0.